The van der Waals surface area contributed by atoms with Crippen LogP contribution in [0.2, 0.25) is 0 Å². The number of allylic oxidation sites excluding steroid dienone is 1. The second-order valence-electron chi connectivity index (χ2n) is 8.39. The number of unbranched alkanes of at least 4 members (excludes halogenated alkanes) is 13. The molecule has 7 heteroatoms. The molecule has 31 heavy (non-hydrogen) atoms. The number of imide groups is 1. The lowest BCUT2D eigenvalue weighted by Gasteiger charge is -2.14. The second-order valence-corrected chi connectivity index (χ2v) is 8.39. The average molecular weight is 442 g/mol. The Labute approximate surface area is 186 Å². The summed E-state index contributed by atoms with van der Waals surface area (Å²) in [6.45, 7) is 2.24. The first-order valence-electron chi connectivity index (χ1n) is 12.1. The molecule has 0 bridgehead atoms. The lowest BCUT2D eigenvalue weighted by Crippen LogP contribution is -2.33. The van der Waals surface area contributed by atoms with Crippen LogP contribution in [0.4, 0.5) is 4.39 Å². The Kier molecular flexibility index (Phi) is 14.8. The Balaban J connectivity index is 2.01. The molecule has 1 aliphatic heterocycles. The molecular formula is C24H40FNO5. The van der Waals surface area contributed by atoms with Crippen molar-refractivity contribution in [3.05, 3.63) is 11.9 Å². The van der Waals surface area contributed by atoms with Crippen LogP contribution in [0, 0.1) is 0 Å². The van der Waals surface area contributed by atoms with E-state index < -0.39 is 36.1 Å². The monoisotopic (exact) mass is 441 g/mol. The van der Waals surface area contributed by atoms with Crippen LogP contribution in [0.25, 0.3) is 0 Å². The zero-order valence-corrected chi connectivity index (χ0v) is 19.1. The van der Waals surface area contributed by atoms with Gasteiger partial charge in [-0.2, -0.15) is 0 Å². The highest BCUT2D eigenvalue weighted by molar-refractivity contribution is 6.01. The molecule has 1 saturated heterocycles. The fourth-order valence-electron chi connectivity index (χ4n) is 3.59. The van der Waals surface area contributed by atoms with Gasteiger partial charge in [0.05, 0.1) is 6.42 Å². The van der Waals surface area contributed by atoms with Gasteiger partial charge in [-0.1, -0.05) is 90.0 Å². The van der Waals surface area contributed by atoms with Gasteiger partial charge >= 0.3 is 5.97 Å². The molecule has 178 valence electrons. The number of nitrogens with zero attached hydrogens (tertiary/aromatic N) is 1. The number of carbonyl (C=O) groups excluding carboxylic acids is 3. The molecule has 0 aromatic carbocycles. The van der Waals surface area contributed by atoms with E-state index in [1.54, 1.807) is 0 Å². The first kappa shape index (κ1) is 27.3. The van der Waals surface area contributed by atoms with Crippen LogP contribution in [0.1, 0.15) is 116 Å². The van der Waals surface area contributed by atoms with Crippen molar-refractivity contribution in [2.75, 3.05) is 0 Å². The number of amides is 2. The zero-order chi connectivity index (χ0) is 22.9. The quantitative estimate of drug-likeness (QED) is 0.218. The molecule has 1 unspecified atom stereocenters. The molecule has 0 radical (unpaired) electrons. The van der Waals surface area contributed by atoms with Crippen LogP contribution in [0.5, 0.6) is 0 Å². The fourth-order valence-corrected chi connectivity index (χ4v) is 3.59. The van der Waals surface area contributed by atoms with Crippen molar-refractivity contribution in [1.29, 1.82) is 0 Å². The van der Waals surface area contributed by atoms with Gasteiger partial charge in [0.25, 0.3) is 11.8 Å². The maximum absolute atomic E-state index is 13.9. The van der Waals surface area contributed by atoms with Gasteiger partial charge in [-0.3, -0.25) is 9.59 Å². The van der Waals surface area contributed by atoms with E-state index in [4.69, 9.17) is 0 Å². The summed E-state index contributed by atoms with van der Waals surface area (Å²) in [7, 11) is 0. The van der Waals surface area contributed by atoms with Gasteiger partial charge in [0.1, 0.15) is 11.9 Å². The predicted molar refractivity (Wildman–Crippen MR) is 117 cm³/mol. The van der Waals surface area contributed by atoms with Crippen molar-refractivity contribution in [2.45, 2.75) is 122 Å². The minimum Gasteiger partial charge on any atom is -0.385 e. The summed E-state index contributed by atoms with van der Waals surface area (Å²) in [6.07, 6.45) is 15.6. The van der Waals surface area contributed by atoms with E-state index in [-0.39, 0.29) is 12.8 Å². The van der Waals surface area contributed by atoms with E-state index in [0.717, 1.165) is 19.3 Å². The summed E-state index contributed by atoms with van der Waals surface area (Å²) >= 11 is 0. The SMILES string of the molecule is CCCCCCCCCCCCCCC/C=C(/F)C(O)CC(=O)ON1C(=O)CCC1=O. The van der Waals surface area contributed by atoms with Gasteiger partial charge in [-0.05, 0) is 12.8 Å². The van der Waals surface area contributed by atoms with Crippen LogP contribution in [-0.4, -0.2) is 34.1 Å². The van der Waals surface area contributed by atoms with E-state index in [1.807, 2.05) is 0 Å². The lowest BCUT2D eigenvalue weighted by molar-refractivity contribution is -0.198. The van der Waals surface area contributed by atoms with E-state index in [1.165, 1.54) is 70.3 Å². The average Bonchev–Trinajstić information content (AvgIpc) is 3.05. The Morgan fingerprint density at radius 1 is 0.935 bits per heavy atom. The first-order valence-corrected chi connectivity index (χ1v) is 12.1. The Morgan fingerprint density at radius 2 is 1.39 bits per heavy atom. The predicted octanol–water partition coefficient (Wildman–Crippen LogP) is 5.68. The third kappa shape index (κ3) is 12.6. The third-order valence-electron chi connectivity index (χ3n) is 5.52. The normalized spacial score (nSPS) is 15.6. The number of rotatable bonds is 18. The van der Waals surface area contributed by atoms with Gasteiger partial charge in [-0.25, -0.2) is 9.18 Å². The second kappa shape index (κ2) is 16.9. The minimum atomic E-state index is -1.62. The summed E-state index contributed by atoms with van der Waals surface area (Å²) in [6, 6.07) is 0. The number of halogens is 1. The highest BCUT2D eigenvalue weighted by atomic mass is 19.1. The van der Waals surface area contributed by atoms with Crippen molar-refractivity contribution in [3.63, 3.8) is 0 Å². The van der Waals surface area contributed by atoms with Crippen molar-refractivity contribution in [2.24, 2.45) is 0 Å². The minimum absolute atomic E-state index is 0.0118. The summed E-state index contributed by atoms with van der Waals surface area (Å²) in [5.41, 5.74) is 0. The van der Waals surface area contributed by atoms with Crippen molar-refractivity contribution < 1.29 is 28.7 Å². The van der Waals surface area contributed by atoms with Gasteiger partial charge < -0.3 is 9.94 Å². The van der Waals surface area contributed by atoms with Crippen LogP contribution >= 0.6 is 0 Å². The fraction of sp³-hybridized carbons (Fsp3) is 0.792. The largest absolute Gasteiger partial charge is 0.385 e. The highest BCUT2D eigenvalue weighted by Crippen LogP contribution is 2.17. The molecule has 6 nitrogen and oxygen atoms in total. The topological polar surface area (TPSA) is 83.9 Å². The lowest BCUT2D eigenvalue weighted by atomic mass is 10.0. The molecule has 0 aliphatic carbocycles. The first-order chi connectivity index (χ1) is 15.0. The number of hydrogen-bond donors (Lipinski definition) is 1. The molecule has 1 aliphatic rings. The molecule has 1 heterocycles. The number of carbonyl (C=O) groups is 3. The van der Waals surface area contributed by atoms with Crippen molar-refractivity contribution in [1.82, 2.24) is 5.06 Å². The molecule has 1 atom stereocenters. The molecule has 2 amide bonds. The van der Waals surface area contributed by atoms with Gasteiger partial charge in [0.2, 0.25) is 0 Å². The molecule has 1 N–H and O–H groups in total. The maximum atomic E-state index is 13.9. The van der Waals surface area contributed by atoms with Crippen LogP contribution in [0.3, 0.4) is 0 Å². The molecule has 1 fully saturated rings. The standard InChI is InChI=1S/C24H40FNO5/c1-2-3-4-5-6-7-8-9-10-11-12-13-14-15-16-20(25)21(27)19-24(30)31-26-22(28)17-18-23(26)29/h16,21,27H,2-15,17-19H2,1H3/b20-16+. The molecule has 0 aromatic rings. The van der Waals surface area contributed by atoms with E-state index in [2.05, 4.69) is 11.8 Å². The summed E-state index contributed by atoms with van der Waals surface area (Å²) in [4.78, 5) is 39.1. The third-order valence-corrected chi connectivity index (χ3v) is 5.52. The Morgan fingerprint density at radius 3 is 1.87 bits per heavy atom. The Bertz CT molecular complexity index is 562. The van der Waals surface area contributed by atoms with E-state index in [0.29, 0.717) is 11.5 Å². The van der Waals surface area contributed by atoms with Gasteiger partial charge in [-0.15, -0.1) is 5.06 Å². The smallest absolute Gasteiger partial charge is 0.336 e. The van der Waals surface area contributed by atoms with Crippen LogP contribution in [-0.2, 0) is 19.2 Å². The summed E-state index contributed by atoms with van der Waals surface area (Å²) in [5.74, 6) is -3.01. The van der Waals surface area contributed by atoms with Gasteiger partial charge in [0, 0.05) is 12.8 Å². The highest BCUT2D eigenvalue weighted by Gasteiger charge is 2.33. The van der Waals surface area contributed by atoms with E-state index in [9.17, 15) is 23.9 Å². The zero-order valence-electron chi connectivity index (χ0n) is 19.1. The van der Waals surface area contributed by atoms with Crippen molar-refractivity contribution >= 4 is 17.8 Å². The van der Waals surface area contributed by atoms with Gasteiger partial charge in [0.15, 0.2) is 0 Å². The molecule has 0 spiro atoms. The van der Waals surface area contributed by atoms with Crippen LogP contribution < -0.4 is 0 Å². The van der Waals surface area contributed by atoms with Crippen molar-refractivity contribution in [3.8, 4) is 0 Å². The number of aliphatic hydroxyl groups excluding tert-OH is 1. The maximum Gasteiger partial charge on any atom is 0.336 e. The molecule has 1 rings (SSSR count). The summed E-state index contributed by atoms with van der Waals surface area (Å²) in [5, 5.41) is 10.2. The summed E-state index contributed by atoms with van der Waals surface area (Å²) < 4.78 is 13.9. The van der Waals surface area contributed by atoms with E-state index >= 15 is 0 Å². The molecule has 0 aromatic heterocycles. The van der Waals surface area contributed by atoms with Crippen LogP contribution in [0.15, 0.2) is 11.9 Å². The number of aliphatic hydroxyl groups is 1. The molecular weight excluding hydrogens is 401 g/mol. The number of hydroxylamine groups is 2. The number of hydrogen-bond acceptors (Lipinski definition) is 5. The Hall–Kier alpha value is -1.76. The molecule has 0 saturated carbocycles.